The molecule has 0 radical (unpaired) electrons. The third kappa shape index (κ3) is 4.87. The second-order valence-corrected chi connectivity index (χ2v) is 8.78. The highest BCUT2D eigenvalue weighted by Gasteiger charge is 2.15. The van der Waals surface area contributed by atoms with Crippen molar-refractivity contribution in [3.63, 3.8) is 0 Å². The predicted molar refractivity (Wildman–Crippen MR) is 109 cm³/mol. The fraction of sp³-hybridized carbons (Fsp3) is 0.316. The molecule has 0 unspecified atom stereocenters. The van der Waals surface area contributed by atoms with Gasteiger partial charge < -0.3 is 9.47 Å². The third-order valence-corrected chi connectivity index (χ3v) is 6.00. The van der Waals surface area contributed by atoms with E-state index in [1.807, 2.05) is 38.4 Å². The minimum atomic E-state index is -3.57. The molecular weight excluding hydrogens is 384 g/mol. The van der Waals surface area contributed by atoms with Crippen molar-refractivity contribution in [3.05, 3.63) is 59.4 Å². The van der Waals surface area contributed by atoms with Gasteiger partial charge in [0.1, 0.15) is 5.82 Å². The summed E-state index contributed by atoms with van der Waals surface area (Å²) in [6.45, 7) is 1.95. The molecule has 0 amide bonds. The SMILES string of the molecule is CN(C)CCn1c(CCNS(=O)(=O)c2ccc(Cl)cc2)nc2ccccc21. The number of aromatic nitrogens is 2. The van der Waals surface area contributed by atoms with Crippen molar-refractivity contribution in [1.29, 1.82) is 0 Å². The second kappa shape index (κ2) is 8.39. The molecule has 144 valence electrons. The average molecular weight is 407 g/mol. The number of benzene rings is 2. The van der Waals surface area contributed by atoms with Crippen LogP contribution >= 0.6 is 11.6 Å². The summed E-state index contributed by atoms with van der Waals surface area (Å²) in [4.78, 5) is 7.00. The Hall–Kier alpha value is -1.93. The molecule has 0 saturated carbocycles. The van der Waals surface area contributed by atoms with E-state index in [-0.39, 0.29) is 11.4 Å². The first-order valence-corrected chi connectivity index (χ1v) is 10.6. The smallest absolute Gasteiger partial charge is 0.240 e. The Morgan fingerprint density at radius 1 is 1.11 bits per heavy atom. The molecule has 0 fully saturated rings. The van der Waals surface area contributed by atoms with Crippen LogP contribution < -0.4 is 4.72 Å². The maximum atomic E-state index is 12.4. The van der Waals surface area contributed by atoms with Gasteiger partial charge in [-0.3, -0.25) is 0 Å². The fourth-order valence-corrected chi connectivity index (χ4v) is 4.02. The molecule has 1 aromatic heterocycles. The number of nitrogens with zero attached hydrogens (tertiary/aromatic N) is 3. The van der Waals surface area contributed by atoms with Crippen molar-refractivity contribution in [2.45, 2.75) is 17.9 Å². The number of para-hydroxylation sites is 2. The highest BCUT2D eigenvalue weighted by molar-refractivity contribution is 7.89. The highest BCUT2D eigenvalue weighted by Crippen LogP contribution is 2.17. The van der Waals surface area contributed by atoms with Crippen LogP contribution in [-0.4, -0.2) is 50.1 Å². The Balaban J connectivity index is 1.74. The summed E-state index contributed by atoms with van der Waals surface area (Å²) in [5.74, 6) is 0.872. The predicted octanol–water partition coefficient (Wildman–Crippen LogP) is 2.77. The van der Waals surface area contributed by atoms with Gasteiger partial charge in [-0.05, 0) is 50.5 Å². The first-order chi connectivity index (χ1) is 12.9. The van der Waals surface area contributed by atoms with Crippen LogP contribution in [0.25, 0.3) is 11.0 Å². The molecule has 6 nitrogen and oxygen atoms in total. The standard InChI is InChI=1S/C19H23ClN4O2S/c1-23(2)13-14-24-18-6-4-3-5-17(18)22-19(24)11-12-21-27(25,26)16-9-7-15(20)8-10-16/h3-10,21H,11-14H2,1-2H3. The quantitative estimate of drug-likeness (QED) is 0.624. The van der Waals surface area contributed by atoms with Crippen LogP contribution in [0.2, 0.25) is 5.02 Å². The molecule has 3 rings (SSSR count). The number of halogens is 1. The minimum absolute atomic E-state index is 0.202. The molecule has 3 aromatic rings. The molecule has 2 aromatic carbocycles. The Morgan fingerprint density at radius 3 is 2.52 bits per heavy atom. The molecule has 1 N–H and O–H groups in total. The molecule has 0 atom stereocenters. The summed E-state index contributed by atoms with van der Waals surface area (Å²) >= 11 is 5.82. The van der Waals surface area contributed by atoms with Gasteiger partial charge in [0.15, 0.2) is 0 Å². The largest absolute Gasteiger partial charge is 0.327 e. The summed E-state index contributed by atoms with van der Waals surface area (Å²) in [5, 5.41) is 0.503. The molecule has 0 aliphatic heterocycles. The van der Waals surface area contributed by atoms with Gasteiger partial charge in [0.05, 0.1) is 15.9 Å². The van der Waals surface area contributed by atoms with E-state index >= 15 is 0 Å². The lowest BCUT2D eigenvalue weighted by Crippen LogP contribution is -2.27. The van der Waals surface area contributed by atoms with Gasteiger partial charge in [0.2, 0.25) is 10.0 Å². The maximum Gasteiger partial charge on any atom is 0.240 e. The summed E-state index contributed by atoms with van der Waals surface area (Å²) in [6.07, 6.45) is 0.509. The normalized spacial score (nSPS) is 12.1. The van der Waals surface area contributed by atoms with Crippen molar-refractivity contribution in [2.75, 3.05) is 27.2 Å². The van der Waals surface area contributed by atoms with Gasteiger partial charge in [-0.1, -0.05) is 23.7 Å². The number of sulfonamides is 1. The summed E-state index contributed by atoms with van der Waals surface area (Å²) in [7, 11) is 0.484. The molecule has 0 saturated heterocycles. The zero-order valence-corrected chi connectivity index (χ0v) is 17.0. The van der Waals surface area contributed by atoms with Crippen LogP contribution in [0.5, 0.6) is 0 Å². The molecule has 1 heterocycles. The summed E-state index contributed by atoms with van der Waals surface area (Å²) < 4.78 is 29.6. The van der Waals surface area contributed by atoms with Crippen LogP contribution in [0, 0.1) is 0 Å². The molecule has 0 aliphatic rings. The number of rotatable bonds is 8. The van der Waals surface area contributed by atoms with Crippen LogP contribution in [0.3, 0.4) is 0 Å². The molecule has 27 heavy (non-hydrogen) atoms. The third-order valence-electron chi connectivity index (χ3n) is 4.27. The van der Waals surface area contributed by atoms with E-state index in [0.29, 0.717) is 11.4 Å². The van der Waals surface area contributed by atoms with Crippen molar-refractivity contribution >= 4 is 32.7 Å². The Bertz CT molecular complexity index is 1010. The summed E-state index contributed by atoms with van der Waals surface area (Å²) in [6, 6.07) is 14.1. The summed E-state index contributed by atoms with van der Waals surface area (Å²) in [5.41, 5.74) is 1.99. The lowest BCUT2D eigenvalue weighted by Gasteiger charge is -2.13. The van der Waals surface area contributed by atoms with Crippen molar-refractivity contribution < 1.29 is 8.42 Å². The molecule has 8 heteroatoms. The van der Waals surface area contributed by atoms with Gasteiger partial charge >= 0.3 is 0 Å². The van der Waals surface area contributed by atoms with Crippen LogP contribution in [-0.2, 0) is 23.0 Å². The van der Waals surface area contributed by atoms with Gasteiger partial charge in [0, 0.05) is 31.1 Å². The lowest BCUT2D eigenvalue weighted by atomic mass is 10.3. The van der Waals surface area contributed by atoms with E-state index in [4.69, 9.17) is 11.6 Å². The highest BCUT2D eigenvalue weighted by atomic mass is 35.5. The van der Waals surface area contributed by atoms with E-state index in [0.717, 1.165) is 29.9 Å². The first kappa shape index (κ1) is 19.8. The van der Waals surface area contributed by atoms with Crippen molar-refractivity contribution in [3.8, 4) is 0 Å². The number of hydrogen-bond acceptors (Lipinski definition) is 4. The molecule has 0 aliphatic carbocycles. The Kier molecular flexibility index (Phi) is 6.16. The zero-order chi connectivity index (χ0) is 19.4. The topological polar surface area (TPSA) is 67.2 Å². The molecule has 0 bridgehead atoms. The van der Waals surface area contributed by atoms with Crippen LogP contribution in [0.4, 0.5) is 0 Å². The van der Waals surface area contributed by atoms with Crippen LogP contribution in [0.1, 0.15) is 5.82 Å². The van der Waals surface area contributed by atoms with E-state index in [1.54, 1.807) is 12.1 Å². The Morgan fingerprint density at radius 2 is 1.81 bits per heavy atom. The van der Waals surface area contributed by atoms with Gasteiger partial charge in [0.25, 0.3) is 0 Å². The number of nitrogens with one attached hydrogen (secondary N) is 1. The number of likely N-dealkylation sites (N-methyl/N-ethyl adjacent to an activating group) is 1. The zero-order valence-electron chi connectivity index (χ0n) is 15.4. The van der Waals surface area contributed by atoms with Crippen molar-refractivity contribution in [2.24, 2.45) is 0 Å². The molecule has 0 spiro atoms. The minimum Gasteiger partial charge on any atom is -0.327 e. The van der Waals surface area contributed by atoms with E-state index in [9.17, 15) is 8.42 Å². The second-order valence-electron chi connectivity index (χ2n) is 6.57. The number of imidazole rings is 1. The van der Waals surface area contributed by atoms with Gasteiger partial charge in [-0.2, -0.15) is 0 Å². The van der Waals surface area contributed by atoms with Gasteiger partial charge in [-0.25, -0.2) is 18.1 Å². The lowest BCUT2D eigenvalue weighted by molar-refractivity contribution is 0.383. The molecular formula is C19H23ClN4O2S. The van der Waals surface area contributed by atoms with Gasteiger partial charge in [-0.15, -0.1) is 0 Å². The van der Waals surface area contributed by atoms with Crippen LogP contribution in [0.15, 0.2) is 53.4 Å². The fourth-order valence-electron chi connectivity index (χ4n) is 2.86. The first-order valence-electron chi connectivity index (χ1n) is 8.71. The van der Waals surface area contributed by atoms with Crippen molar-refractivity contribution in [1.82, 2.24) is 19.2 Å². The van der Waals surface area contributed by atoms with E-state index in [1.165, 1.54) is 12.1 Å². The Labute approximate surface area is 164 Å². The van der Waals surface area contributed by atoms with E-state index < -0.39 is 10.0 Å². The van der Waals surface area contributed by atoms with E-state index in [2.05, 4.69) is 19.2 Å². The maximum absolute atomic E-state index is 12.4. The average Bonchev–Trinajstić information content (AvgIpc) is 2.97. The number of fused-ring (bicyclic) bond motifs is 1. The monoisotopic (exact) mass is 406 g/mol. The number of hydrogen-bond donors (Lipinski definition) is 1.